The molecule has 0 N–H and O–H groups in total. The number of nitrogens with zero attached hydrogens (tertiary/aromatic N) is 3. The molecule has 10 aromatic carbocycles. The maximum absolute atomic E-state index is 6.18. The van der Waals surface area contributed by atoms with Gasteiger partial charge in [-0.25, -0.2) is 9.97 Å². The molecule has 2 heterocycles. The molecule has 0 aliphatic carbocycles. The minimum absolute atomic E-state index is 0.878. The molecule has 0 fully saturated rings. The molecule has 0 radical (unpaired) electrons. The molecule has 0 unspecified atom stereocenters. The van der Waals surface area contributed by atoms with Crippen molar-refractivity contribution < 1.29 is 4.42 Å². The zero-order chi connectivity index (χ0) is 39.6. The summed E-state index contributed by atoms with van der Waals surface area (Å²) in [6.45, 7) is 0. The number of rotatable bonds is 6. The third-order valence-electron chi connectivity index (χ3n) is 11.8. The van der Waals surface area contributed by atoms with Gasteiger partial charge in [0.15, 0.2) is 0 Å². The Hall–Kier alpha value is -8.08. The van der Waals surface area contributed by atoms with Gasteiger partial charge in [-0.05, 0) is 105 Å². The molecule has 0 spiro atoms. The Labute approximate surface area is 346 Å². The quantitative estimate of drug-likeness (QED) is 0.158. The molecule has 2 aromatic heterocycles. The number of hydrogen-bond acceptors (Lipinski definition) is 4. The summed E-state index contributed by atoms with van der Waals surface area (Å²) in [6, 6.07) is 75.1. The van der Waals surface area contributed by atoms with E-state index in [1.807, 2.05) is 24.3 Å². The number of para-hydroxylation sites is 2. The summed E-state index contributed by atoms with van der Waals surface area (Å²) < 4.78 is 6.18. The summed E-state index contributed by atoms with van der Waals surface area (Å²) in [5.74, 6) is 0. The second kappa shape index (κ2) is 13.8. The summed E-state index contributed by atoms with van der Waals surface area (Å²) in [5, 5.41) is 9.15. The smallest absolute Gasteiger partial charge is 0.135 e. The van der Waals surface area contributed by atoms with E-state index in [2.05, 4.69) is 193 Å². The summed E-state index contributed by atoms with van der Waals surface area (Å²) >= 11 is 0. The SMILES string of the molecule is c1ccc(-c2nc3ccc4ccc5ccc(-c6ccc7cc(N(c8ccccc8)c8ccc9oc%10ccccc%10c9c8)ccc7c6)cc5c4c3nc2-c2ccccc2)cc1. The highest BCUT2D eigenvalue weighted by Crippen LogP contribution is 2.41. The fourth-order valence-corrected chi connectivity index (χ4v) is 8.86. The van der Waals surface area contributed by atoms with Crippen LogP contribution in [0.5, 0.6) is 0 Å². The van der Waals surface area contributed by atoms with Gasteiger partial charge in [0.25, 0.3) is 0 Å². The number of aromatic nitrogens is 2. The van der Waals surface area contributed by atoms with Crippen LogP contribution in [0, 0.1) is 0 Å². The molecule has 0 saturated heterocycles. The molecule has 4 nitrogen and oxygen atoms in total. The van der Waals surface area contributed by atoms with E-state index in [0.29, 0.717) is 0 Å². The second-order valence-corrected chi connectivity index (χ2v) is 15.4. The first-order valence-electron chi connectivity index (χ1n) is 20.3. The van der Waals surface area contributed by atoms with Crippen LogP contribution in [0.2, 0.25) is 0 Å². The Morgan fingerprint density at radius 2 is 0.900 bits per heavy atom. The highest BCUT2D eigenvalue weighted by Gasteiger charge is 2.18. The zero-order valence-corrected chi connectivity index (χ0v) is 32.5. The molecular weight excluding hydrogens is 731 g/mol. The Bertz CT molecular complexity index is 3600. The van der Waals surface area contributed by atoms with Crippen molar-refractivity contribution in [2.45, 2.75) is 0 Å². The minimum Gasteiger partial charge on any atom is -0.456 e. The van der Waals surface area contributed by atoms with E-state index in [1.54, 1.807) is 0 Å². The maximum Gasteiger partial charge on any atom is 0.135 e. The molecule has 12 aromatic rings. The molecule has 0 aliphatic heterocycles. The lowest BCUT2D eigenvalue weighted by atomic mass is 9.95. The average Bonchev–Trinajstić information content (AvgIpc) is 3.69. The van der Waals surface area contributed by atoms with Crippen LogP contribution in [0.15, 0.2) is 217 Å². The van der Waals surface area contributed by atoms with Crippen molar-refractivity contribution in [1.29, 1.82) is 0 Å². The van der Waals surface area contributed by atoms with Crippen molar-refractivity contribution in [2.24, 2.45) is 0 Å². The van der Waals surface area contributed by atoms with Crippen LogP contribution in [0.4, 0.5) is 17.1 Å². The van der Waals surface area contributed by atoms with Crippen molar-refractivity contribution in [1.82, 2.24) is 9.97 Å². The van der Waals surface area contributed by atoms with Crippen molar-refractivity contribution >= 4 is 82.4 Å². The lowest BCUT2D eigenvalue weighted by Gasteiger charge is -2.26. The van der Waals surface area contributed by atoms with Gasteiger partial charge in [0.2, 0.25) is 0 Å². The minimum atomic E-state index is 0.878. The number of hydrogen-bond donors (Lipinski definition) is 0. The Kier molecular flexibility index (Phi) is 7.82. The van der Waals surface area contributed by atoms with E-state index in [9.17, 15) is 0 Å². The number of fused-ring (bicyclic) bond motifs is 9. The molecule has 0 aliphatic rings. The zero-order valence-electron chi connectivity index (χ0n) is 32.5. The van der Waals surface area contributed by atoms with E-state index in [1.165, 1.54) is 16.2 Å². The first-order valence-corrected chi connectivity index (χ1v) is 20.3. The van der Waals surface area contributed by atoms with E-state index in [0.717, 1.165) is 99.8 Å². The Balaban J connectivity index is 0.976. The van der Waals surface area contributed by atoms with Gasteiger partial charge in [0.05, 0.1) is 22.4 Å². The van der Waals surface area contributed by atoms with Crippen LogP contribution in [0.25, 0.3) is 98.9 Å². The predicted octanol–water partition coefficient (Wildman–Crippen LogP) is 15.5. The molecule has 60 heavy (non-hydrogen) atoms. The number of anilines is 3. The van der Waals surface area contributed by atoms with Gasteiger partial charge in [0, 0.05) is 44.3 Å². The van der Waals surface area contributed by atoms with Crippen molar-refractivity contribution in [3.05, 3.63) is 212 Å². The van der Waals surface area contributed by atoms with Gasteiger partial charge in [0.1, 0.15) is 11.2 Å². The fourth-order valence-electron chi connectivity index (χ4n) is 8.86. The predicted molar refractivity (Wildman–Crippen MR) is 250 cm³/mol. The van der Waals surface area contributed by atoms with Crippen LogP contribution < -0.4 is 4.90 Å². The lowest BCUT2D eigenvalue weighted by molar-refractivity contribution is 0.669. The van der Waals surface area contributed by atoms with Gasteiger partial charge in [-0.1, -0.05) is 146 Å². The topological polar surface area (TPSA) is 42.2 Å². The van der Waals surface area contributed by atoms with Crippen molar-refractivity contribution in [2.75, 3.05) is 4.90 Å². The third-order valence-corrected chi connectivity index (χ3v) is 11.8. The van der Waals surface area contributed by atoms with E-state index < -0.39 is 0 Å². The van der Waals surface area contributed by atoms with Gasteiger partial charge < -0.3 is 9.32 Å². The fraction of sp³-hybridized carbons (Fsp3) is 0. The monoisotopic (exact) mass is 765 g/mol. The summed E-state index contributed by atoms with van der Waals surface area (Å²) in [5.41, 5.74) is 13.0. The van der Waals surface area contributed by atoms with Crippen LogP contribution in [0.1, 0.15) is 0 Å². The molecule has 0 amide bonds. The Morgan fingerprint density at radius 1 is 0.333 bits per heavy atom. The first kappa shape index (κ1) is 34.0. The molecule has 0 bridgehead atoms. The summed E-state index contributed by atoms with van der Waals surface area (Å²) in [4.78, 5) is 13.1. The average molecular weight is 766 g/mol. The summed E-state index contributed by atoms with van der Waals surface area (Å²) in [7, 11) is 0. The standard InChI is InChI=1S/C56H35N3O/c1-4-12-38(13-5-1)54-55(39-14-6-2-7-15-39)58-56-50(57-54)30-27-37-22-20-36-21-23-43(34-48(36)53(37)56)40-24-25-42-33-45(28-26-41(42)32-40)59(44-16-8-3-9-17-44)46-29-31-52-49(35-46)47-18-10-11-19-51(47)60-52/h1-35H. The largest absolute Gasteiger partial charge is 0.456 e. The van der Waals surface area contributed by atoms with Crippen LogP contribution in [-0.2, 0) is 0 Å². The van der Waals surface area contributed by atoms with Gasteiger partial charge >= 0.3 is 0 Å². The van der Waals surface area contributed by atoms with Crippen LogP contribution in [-0.4, -0.2) is 9.97 Å². The third kappa shape index (κ3) is 5.69. The number of furan rings is 1. The van der Waals surface area contributed by atoms with Gasteiger partial charge in [-0.3, -0.25) is 0 Å². The molecule has 0 atom stereocenters. The normalized spacial score (nSPS) is 11.7. The van der Waals surface area contributed by atoms with Crippen molar-refractivity contribution in [3.8, 4) is 33.6 Å². The molecule has 280 valence electrons. The van der Waals surface area contributed by atoms with E-state index in [4.69, 9.17) is 14.4 Å². The van der Waals surface area contributed by atoms with E-state index in [-0.39, 0.29) is 0 Å². The van der Waals surface area contributed by atoms with Crippen LogP contribution in [0.3, 0.4) is 0 Å². The maximum atomic E-state index is 6.18. The molecule has 12 rings (SSSR count). The molecular formula is C56H35N3O. The molecule has 0 saturated carbocycles. The lowest BCUT2D eigenvalue weighted by Crippen LogP contribution is -2.09. The van der Waals surface area contributed by atoms with Crippen molar-refractivity contribution in [3.63, 3.8) is 0 Å². The molecule has 4 heteroatoms. The highest BCUT2D eigenvalue weighted by atomic mass is 16.3. The Morgan fingerprint density at radius 3 is 1.70 bits per heavy atom. The van der Waals surface area contributed by atoms with Crippen LogP contribution >= 0.6 is 0 Å². The van der Waals surface area contributed by atoms with Gasteiger partial charge in [-0.15, -0.1) is 0 Å². The number of benzene rings is 10. The highest BCUT2D eigenvalue weighted by molar-refractivity contribution is 6.19. The second-order valence-electron chi connectivity index (χ2n) is 15.4. The first-order chi connectivity index (χ1) is 29.7. The van der Waals surface area contributed by atoms with E-state index >= 15 is 0 Å². The van der Waals surface area contributed by atoms with Gasteiger partial charge in [-0.2, -0.15) is 0 Å². The summed E-state index contributed by atoms with van der Waals surface area (Å²) in [6.07, 6.45) is 0.